The molecule has 162 valence electrons. The van der Waals surface area contributed by atoms with E-state index in [9.17, 15) is 0 Å². The van der Waals surface area contributed by atoms with E-state index < -0.39 is 0 Å². The fourth-order valence-corrected chi connectivity index (χ4v) is 5.70. The summed E-state index contributed by atoms with van der Waals surface area (Å²) >= 11 is 0. The molecule has 0 aliphatic carbocycles. The number of rotatable bonds is 7. The largest absolute Gasteiger partial charge is 0.383 e. The van der Waals surface area contributed by atoms with Crippen LogP contribution >= 0.6 is 0 Å². The Labute approximate surface area is 170 Å². The fourth-order valence-electron chi connectivity index (χ4n) is 5.70. The van der Waals surface area contributed by atoms with Gasteiger partial charge in [0.1, 0.15) is 12.4 Å². The first-order valence-electron chi connectivity index (χ1n) is 11.5. The van der Waals surface area contributed by atoms with Crippen LogP contribution in [0, 0.1) is 5.92 Å². The van der Waals surface area contributed by atoms with Crippen LogP contribution in [0.1, 0.15) is 38.5 Å². The van der Waals surface area contributed by atoms with Gasteiger partial charge in [-0.2, -0.15) is 5.48 Å². The third kappa shape index (κ3) is 5.05. The lowest BCUT2D eigenvalue weighted by molar-refractivity contribution is -0.885. The molecular formula is C20H42N6O2+2. The maximum absolute atomic E-state index is 6.12. The average Bonchev–Trinajstić information content (AvgIpc) is 3.38. The molecule has 4 aliphatic rings. The SMILES string of the molecule is COCCNC1CC(C2NOC([C@@H]3CCCN3C3CC[NH+](C)CC3)N2)CC[NH2+]1. The van der Waals surface area contributed by atoms with Crippen molar-refractivity contribution in [3.05, 3.63) is 0 Å². The summed E-state index contributed by atoms with van der Waals surface area (Å²) in [6, 6.07) is 1.27. The summed E-state index contributed by atoms with van der Waals surface area (Å²) in [4.78, 5) is 10.6. The Kier molecular flexibility index (Phi) is 7.57. The molecule has 6 N–H and O–H groups in total. The quantitative estimate of drug-likeness (QED) is 0.304. The molecule has 0 aromatic heterocycles. The van der Waals surface area contributed by atoms with E-state index in [0.29, 0.717) is 18.1 Å². The second kappa shape index (κ2) is 10.1. The number of methoxy groups -OCH3 is 1. The van der Waals surface area contributed by atoms with Gasteiger partial charge in [-0.3, -0.25) is 20.4 Å². The highest BCUT2D eigenvalue weighted by atomic mass is 16.7. The molecule has 28 heavy (non-hydrogen) atoms. The zero-order valence-corrected chi connectivity index (χ0v) is 17.8. The molecule has 0 radical (unpaired) electrons. The van der Waals surface area contributed by atoms with Gasteiger partial charge < -0.3 is 15.0 Å². The summed E-state index contributed by atoms with van der Waals surface area (Å²) < 4.78 is 5.17. The van der Waals surface area contributed by atoms with Crippen molar-refractivity contribution >= 4 is 0 Å². The summed E-state index contributed by atoms with van der Waals surface area (Å²) in [6.45, 7) is 6.73. The first-order chi connectivity index (χ1) is 13.7. The van der Waals surface area contributed by atoms with E-state index >= 15 is 0 Å². The molecular weight excluding hydrogens is 356 g/mol. The Bertz CT molecular complexity index is 476. The number of quaternary nitrogens is 2. The van der Waals surface area contributed by atoms with Crippen LogP contribution in [0.4, 0.5) is 0 Å². The highest BCUT2D eigenvalue weighted by Gasteiger charge is 2.43. The van der Waals surface area contributed by atoms with Crippen LogP contribution in [0.2, 0.25) is 0 Å². The second-order valence-corrected chi connectivity index (χ2v) is 9.30. The van der Waals surface area contributed by atoms with Crippen LogP contribution < -0.4 is 26.3 Å². The zero-order chi connectivity index (χ0) is 19.3. The summed E-state index contributed by atoms with van der Waals surface area (Å²) in [5.41, 5.74) is 3.36. The van der Waals surface area contributed by atoms with E-state index in [-0.39, 0.29) is 12.4 Å². The monoisotopic (exact) mass is 398 g/mol. The predicted octanol–water partition coefficient (Wildman–Crippen LogP) is -2.56. The number of piperidine rings is 2. The molecule has 4 rings (SSSR count). The second-order valence-electron chi connectivity index (χ2n) is 9.30. The van der Waals surface area contributed by atoms with Gasteiger partial charge in [-0.15, -0.1) is 0 Å². The normalized spacial score (nSPS) is 42.9. The van der Waals surface area contributed by atoms with Crippen molar-refractivity contribution in [3.63, 3.8) is 0 Å². The summed E-state index contributed by atoms with van der Waals surface area (Å²) in [7, 11) is 4.09. The van der Waals surface area contributed by atoms with Gasteiger partial charge in [-0.1, -0.05) is 0 Å². The van der Waals surface area contributed by atoms with Crippen LogP contribution in [0.25, 0.3) is 0 Å². The highest BCUT2D eigenvalue weighted by Crippen LogP contribution is 2.29. The zero-order valence-electron chi connectivity index (χ0n) is 17.8. The number of hydrogen-bond acceptors (Lipinski definition) is 6. The van der Waals surface area contributed by atoms with Crippen molar-refractivity contribution in [2.45, 2.75) is 69.2 Å². The molecule has 0 spiro atoms. The van der Waals surface area contributed by atoms with E-state index in [1.165, 1.54) is 58.3 Å². The molecule has 8 heteroatoms. The number of ether oxygens (including phenoxy) is 1. The van der Waals surface area contributed by atoms with Crippen LogP contribution in [-0.4, -0.2) is 89.0 Å². The van der Waals surface area contributed by atoms with Gasteiger partial charge in [-0.05, 0) is 19.4 Å². The highest BCUT2D eigenvalue weighted by molar-refractivity contribution is 4.93. The Balaban J connectivity index is 1.27. The van der Waals surface area contributed by atoms with Crippen LogP contribution in [0.3, 0.4) is 0 Å². The Hall–Kier alpha value is -0.320. The lowest BCUT2D eigenvalue weighted by atomic mass is 9.92. The number of nitrogens with two attached hydrogens (primary N) is 1. The lowest BCUT2D eigenvalue weighted by Crippen LogP contribution is -3.10. The first kappa shape index (κ1) is 20.9. The van der Waals surface area contributed by atoms with Gasteiger partial charge in [-0.25, -0.2) is 0 Å². The maximum Gasteiger partial charge on any atom is 0.146 e. The minimum atomic E-state index is 0.130. The van der Waals surface area contributed by atoms with E-state index in [4.69, 9.17) is 9.57 Å². The number of likely N-dealkylation sites (tertiary alicyclic amines) is 2. The van der Waals surface area contributed by atoms with E-state index in [1.54, 1.807) is 12.0 Å². The van der Waals surface area contributed by atoms with Crippen molar-refractivity contribution in [2.75, 3.05) is 53.5 Å². The van der Waals surface area contributed by atoms with E-state index in [0.717, 1.165) is 25.6 Å². The minimum absolute atomic E-state index is 0.130. The molecule has 0 bridgehead atoms. The molecule has 0 aromatic carbocycles. The summed E-state index contributed by atoms with van der Waals surface area (Å²) in [5, 5.41) is 9.86. The van der Waals surface area contributed by atoms with Crippen LogP contribution in [-0.2, 0) is 9.57 Å². The van der Waals surface area contributed by atoms with Gasteiger partial charge in [0.2, 0.25) is 0 Å². The molecule has 5 atom stereocenters. The molecule has 0 amide bonds. The average molecular weight is 399 g/mol. The molecule has 4 unspecified atom stereocenters. The predicted molar refractivity (Wildman–Crippen MR) is 107 cm³/mol. The number of hydroxylamine groups is 1. The maximum atomic E-state index is 6.12. The standard InChI is InChI=1S/C20H40N6O2/c1-25-11-6-16(7-12-25)26-10-3-4-17(26)20-23-19(24-28-20)15-5-8-21-18(14-15)22-9-13-27-2/h15-24H,3-14H2,1-2H3/p+2/t15?,17-,18?,19?,20?/m0/s1. The van der Waals surface area contributed by atoms with Gasteiger partial charge in [0, 0.05) is 51.3 Å². The van der Waals surface area contributed by atoms with Crippen molar-refractivity contribution in [1.82, 2.24) is 21.0 Å². The molecule has 0 aromatic rings. The van der Waals surface area contributed by atoms with Crippen molar-refractivity contribution in [3.8, 4) is 0 Å². The van der Waals surface area contributed by atoms with Crippen molar-refractivity contribution in [2.24, 2.45) is 5.92 Å². The number of hydrogen-bond donors (Lipinski definition) is 5. The topological polar surface area (TPSA) is 78.8 Å². The van der Waals surface area contributed by atoms with Crippen molar-refractivity contribution in [1.29, 1.82) is 0 Å². The number of nitrogens with zero attached hydrogens (tertiary/aromatic N) is 1. The third-order valence-electron chi connectivity index (χ3n) is 7.36. The Morgan fingerprint density at radius 1 is 1.25 bits per heavy atom. The van der Waals surface area contributed by atoms with Gasteiger partial charge in [0.05, 0.1) is 45.5 Å². The minimum Gasteiger partial charge on any atom is -0.383 e. The molecule has 4 saturated heterocycles. The van der Waals surface area contributed by atoms with Gasteiger partial charge in [0.15, 0.2) is 0 Å². The molecule has 4 fully saturated rings. The Morgan fingerprint density at radius 2 is 2.11 bits per heavy atom. The fraction of sp³-hybridized carbons (Fsp3) is 1.00. The van der Waals surface area contributed by atoms with E-state index in [1.807, 2.05) is 0 Å². The molecule has 4 heterocycles. The van der Waals surface area contributed by atoms with Crippen LogP contribution in [0.15, 0.2) is 0 Å². The Morgan fingerprint density at radius 3 is 2.93 bits per heavy atom. The molecule has 0 saturated carbocycles. The number of nitrogens with one attached hydrogen (secondary N) is 4. The smallest absolute Gasteiger partial charge is 0.146 e. The van der Waals surface area contributed by atoms with Crippen LogP contribution in [0.5, 0.6) is 0 Å². The summed E-state index contributed by atoms with van der Waals surface area (Å²) in [5.74, 6) is 0.608. The lowest BCUT2D eigenvalue weighted by Gasteiger charge is -2.38. The van der Waals surface area contributed by atoms with Gasteiger partial charge in [0.25, 0.3) is 0 Å². The molecule has 8 nitrogen and oxygen atoms in total. The summed E-state index contributed by atoms with van der Waals surface area (Å²) in [6.07, 6.45) is 8.51. The van der Waals surface area contributed by atoms with Gasteiger partial charge >= 0.3 is 0 Å². The first-order valence-corrected chi connectivity index (χ1v) is 11.5. The molecule has 4 aliphatic heterocycles. The van der Waals surface area contributed by atoms with E-state index in [2.05, 4.69) is 33.4 Å². The van der Waals surface area contributed by atoms with Crippen molar-refractivity contribution < 1.29 is 19.8 Å². The third-order valence-corrected chi connectivity index (χ3v) is 7.36.